The summed E-state index contributed by atoms with van der Waals surface area (Å²) in [4.78, 5) is 0.148. The molecule has 0 fully saturated rings. The van der Waals surface area contributed by atoms with Crippen molar-refractivity contribution in [1.29, 1.82) is 0 Å². The van der Waals surface area contributed by atoms with Crippen LogP contribution in [0, 0.1) is 6.92 Å². The summed E-state index contributed by atoms with van der Waals surface area (Å²) in [5.74, 6) is 0. The van der Waals surface area contributed by atoms with Gasteiger partial charge in [-0.3, -0.25) is 5.10 Å². The lowest BCUT2D eigenvalue weighted by Gasteiger charge is -2.07. The summed E-state index contributed by atoms with van der Waals surface area (Å²) in [6.07, 6.45) is 1.28. The Bertz CT molecular complexity index is 652. The Balaban J connectivity index is 2.16. The Hall–Kier alpha value is -1.37. The first kappa shape index (κ1) is 13.1. The smallest absolute Gasteiger partial charge is 0.244 e. The monoisotopic (exact) mass is 285 g/mol. The lowest BCUT2D eigenvalue weighted by atomic mass is 10.2. The first-order chi connectivity index (χ1) is 8.50. The van der Waals surface area contributed by atoms with Gasteiger partial charge in [-0.1, -0.05) is 29.8 Å². The standard InChI is InChI=1S/C11H12ClN3O2S/c1-8-11(7-13-15-8)18(16,17)14-6-9-4-2-3-5-10(9)12/h2-5,7,14H,6H2,1H3,(H,13,15). The van der Waals surface area contributed by atoms with Crippen LogP contribution >= 0.6 is 11.6 Å². The van der Waals surface area contributed by atoms with E-state index in [4.69, 9.17) is 11.6 Å². The molecule has 18 heavy (non-hydrogen) atoms. The maximum atomic E-state index is 12.0. The van der Waals surface area contributed by atoms with E-state index in [-0.39, 0.29) is 11.4 Å². The van der Waals surface area contributed by atoms with E-state index in [0.29, 0.717) is 10.7 Å². The SMILES string of the molecule is Cc1[nH]ncc1S(=O)(=O)NCc1ccccc1Cl. The van der Waals surface area contributed by atoms with Crippen LogP contribution in [0.2, 0.25) is 5.02 Å². The normalized spacial score (nSPS) is 11.7. The number of nitrogens with zero attached hydrogens (tertiary/aromatic N) is 1. The molecule has 0 bridgehead atoms. The zero-order valence-electron chi connectivity index (χ0n) is 9.64. The number of hydrogen-bond acceptors (Lipinski definition) is 3. The van der Waals surface area contributed by atoms with Crippen LogP contribution in [0.4, 0.5) is 0 Å². The van der Waals surface area contributed by atoms with Gasteiger partial charge in [-0.05, 0) is 18.6 Å². The highest BCUT2D eigenvalue weighted by atomic mass is 35.5. The maximum absolute atomic E-state index is 12.0. The predicted molar refractivity (Wildman–Crippen MR) is 68.8 cm³/mol. The highest BCUT2D eigenvalue weighted by molar-refractivity contribution is 7.89. The topological polar surface area (TPSA) is 74.8 Å². The Labute approximate surface area is 110 Å². The third kappa shape index (κ3) is 2.72. The molecule has 5 nitrogen and oxygen atoms in total. The van der Waals surface area contributed by atoms with E-state index in [1.54, 1.807) is 31.2 Å². The molecule has 2 N–H and O–H groups in total. The molecular formula is C11H12ClN3O2S. The molecule has 0 saturated carbocycles. The molecule has 0 saturated heterocycles. The Kier molecular flexibility index (Phi) is 3.70. The van der Waals surface area contributed by atoms with Crippen LogP contribution in [0.3, 0.4) is 0 Å². The summed E-state index contributed by atoms with van der Waals surface area (Å²) < 4.78 is 26.5. The van der Waals surface area contributed by atoms with Crippen LogP contribution in [-0.2, 0) is 16.6 Å². The third-order valence-electron chi connectivity index (χ3n) is 2.48. The number of halogens is 1. The second-order valence-electron chi connectivity index (χ2n) is 3.78. The Morgan fingerprint density at radius 3 is 2.72 bits per heavy atom. The molecule has 1 aromatic carbocycles. The maximum Gasteiger partial charge on any atom is 0.244 e. The number of sulfonamides is 1. The number of nitrogens with one attached hydrogen (secondary N) is 2. The molecule has 0 aliphatic carbocycles. The minimum absolute atomic E-state index is 0.145. The van der Waals surface area contributed by atoms with Crippen LogP contribution in [0.25, 0.3) is 0 Å². The van der Waals surface area contributed by atoms with Gasteiger partial charge in [-0.25, -0.2) is 13.1 Å². The van der Waals surface area contributed by atoms with Gasteiger partial charge in [0.2, 0.25) is 10.0 Å². The van der Waals surface area contributed by atoms with Crippen molar-refractivity contribution >= 4 is 21.6 Å². The molecule has 1 heterocycles. The molecule has 1 aromatic heterocycles. The molecule has 0 atom stereocenters. The fourth-order valence-electron chi connectivity index (χ4n) is 1.50. The van der Waals surface area contributed by atoms with Gasteiger partial charge in [0.15, 0.2) is 0 Å². The summed E-state index contributed by atoms with van der Waals surface area (Å²) in [6.45, 7) is 1.80. The molecular weight excluding hydrogens is 274 g/mol. The van der Waals surface area contributed by atoms with Gasteiger partial charge in [-0.15, -0.1) is 0 Å². The van der Waals surface area contributed by atoms with Crippen molar-refractivity contribution < 1.29 is 8.42 Å². The number of benzene rings is 1. The minimum Gasteiger partial charge on any atom is -0.281 e. The van der Waals surface area contributed by atoms with Gasteiger partial charge in [0.25, 0.3) is 0 Å². The molecule has 0 spiro atoms. The molecule has 0 amide bonds. The minimum atomic E-state index is -3.56. The first-order valence-corrected chi connectivity index (χ1v) is 7.10. The molecule has 0 aliphatic heterocycles. The summed E-state index contributed by atoms with van der Waals surface area (Å²) in [5.41, 5.74) is 1.23. The van der Waals surface area contributed by atoms with Crippen molar-refractivity contribution in [2.45, 2.75) is 18.4 Å². The zero-order chi connectivity index (χ0) is 13.2. The van der Waals surface area contributed by atoms with Crippen LogP contribution in [0.5, 0.6) is 0 Å². The van der Waals surface area contributed by atoms with Gasteiger partial charge in [-0.2, -0.15) is 5.10 Å². The summed E-state index contributed by atoms with van der Waals surface area (Å²) >= 11 is 5.96. The molecule has 0 radical (unpaired) electrons. The zero-order valence-corrected chi connectivity index (χ0v) is 11.2. The van der Waals surface area contributed by atoms with Crippen molar-refractivity contribution in [2.75, 3.05) is 0 Å². The summed E-state index contributed by atoms with van der Waals surface area (Å²) in [5, 5.41) is 6.81. The van der Waals surface area contributed by atoms with Crippen LogP contribution in [0.1, 0.15) is 11.3 Å². The lowest BCUT2D eigenvalue weighted by molar-refractivity contribution is 0.581. The van der Waals surface area contributed by atoms with E-state index < -0.39 is 10.0 Å². The first-order valence-electron chi connectivity index (χ1n) is 5.24. The number of rotatable bonds is 4. The van der Waals surface area contributed by atoms with Crippen molar-refractivity contribution in [3.05, 3.63) is 46.7 Å². The number of aryl methyl sites for hydroxylation is 1. The predicted octanol–water partition coefficient (Wildman–Crippen LogP) is 1.85. The number of hydrogen-bond donors (Lipinski definition) is 2. The molecule has 2 aromatic rings. The molecule has 0 aliphatic rings. The highest BCUT2D eigenvalue weighted by Gasteiger charge is 2.18. The van der Waals surface area contributed by atoms with Crippen LogP contribution in [-0.4, -0.2) is 18.6 Å². The molecule has 0 unspecified atom stereocenters. The van der Waals surface area contributed by atoms with E-state index >= 15 is 0 Å². The Morgan fingerprint density at radius 2 is 2.11 bits per heavy atom. The van der Waals surface area contributed by atoms with E-state index in [2.05, 4.69) is 14.9 Å². The fourth-order valence-corrected chi connectivity index (χ4v) is 2.85. The highest BCUT2D eigenvalue weighted by Crippen LogP contribution is 2.16. The average molecular weight is 286 g/mol. The molecule has 7 heteroatoms. The van der Waals surface area contributed by atoms with Gasteiger partial charge in [0.05, 0.1) is 11.9 Å². The second kappa shape index (κ2) is 5.09. The lowest BCUT2D eigenvalue weighted by Crippen LogP contribution is -2.23. The summed E-state index contributed by atoms with van der Waals surface area (Å²) in [6, 6.07) is 7.08. The van der Waals surface area contributed by atoms with Crippen LogP contribution < -0.4 is 4.72 Å². The Morgan fingerprint density at radius 1 is 1.39 bits per heavy atom. The fraction of sp³-hybridized carbons (Fsp3) is 0.182. The molecule has 2 rings (SSSR count). The van der Waals surface area contributed by atoms with E-state index in [1.165, 1.54) is 6.20 Å². The van der Waals surface area contributed by atoms with Crippen molar-refractivity contribution in [2.24, 2.45) is 0 Å². The average Bonchev–Trinajstić information content (AvgIpc) is 2.75. The summed E-state index contributed by atoms with van der Waals surface area (Å²) in [7, 11) is -3.56. The van der Waals surface area contributed by atoms with E-state index in [0.717, 1.165) is 5.56 Å². The van der Waals surface area contributed by atoms with Crippen molar-refractivity contribution in [3.8, 4) is 0 Å². The van der Waals surface area contributed by atoms with Crippen LogP contribution in [0.15, 0.2) is 35.4 Å². The molecule has 96 valence electrons. The van der Waals surface area contributed by atoms with Crippen molar-refractivity contribution in [3.63, 3.8) is 0 Å². The number of H-pyrrole nitrogens is 1. The number of aromatic amines is 1. The second-order valence-corrected chi connectivity index (χ2v) is 5.92. The largest absolute Gasteiger partial charge is 0.281 e. The van der Waals surface area contributed by atoms with E-state index in [9.17, 15) is 8.42 Å². The third-order valence-corrected chi connectivity index (χ3v) is 4.37. The van der Waals surface area contributed by atoms with Crippen molar-refractivity contribution in [1.82, 2.24) is 14.9 Å². The number of aromatic nitrogens is 2. The quantitative estimate of drug-likeness (QED) is 0.900. The van der Waals surface area contributed by atoms with Gasteiger partial charge in [0.1, 0.15) is 4.90 Å². The van der Waals surface area contributed by atoms with Gasteiger partial charge < -0.3 is 0 Å². The van der Waals surface area contributed by atoms with E-state index in [1.807, 2.05) is 0 Å². The van der Waals surface area contributed by atoms with Gasteiger partial charge >= 0.3 is 0 Å². The van der Waals surface area contributed by atoms with Gasteiger partial charge in [0, 0.05) is 11.6 Å².